The summed E-state index contributed by atoms with van der Waals surface area (Å²) in [5, 5.41) is 6.79. The maximum atomic E-state index is 11.2. The number of benzene rings is 1. The van der Waals surface area contributed by atoms with Gasteiger partial charge in [0, 0.05) is 55.3 Å². The van der Waals surface area contributed by atoms with Crippen LogP contribution < -0.4 is 20.4 Å². The lowest BCUT2D eigenvalue weighted by molar-refractivity contribution is 0.108. The van der Waals surface area contributed by atoms with Crippen LogP contribution in [0.3, 0.4) is 0 Å². The Morgan fingerprint density at radius 2 is 1.36 bits per heavy atom. The first kappa shape index (κ1) is 53.4. The number of aliphatic imine (C=N–C) groups is 2. The molecule has 0 saturated carbocycles. The van der Waals surface area contributed by atoms with Crippen LogP contribution in [0.4, 0.5) is 9.59 Å². The molecule has 2 aliphatic heterocycles. The average molecular weight is 1020 g/mol. The Morgan fingerprint density at radius 1 is 0.873 bits per heavy atom. The van der Waals surface area contributed by atoms with Crippen LogP contribution in [-0.4, -0.2) is 94.3 Å². The van der Waals surface area contributed by atoms with Crippen LogP contribution in [0.15, 0.2) is 48.7 Å². The van der Waals surface area contributed by atoms with E-state index in [1.807, 2.05) is 32.8 Å². The second-order valence-corrected chi connectivity index (χ2v) is 24.0. The molecule has 3 N–H and O–H groups in total. The SMILES string of the molecule is C.CN(C)C=NC1=NC(=S)CS1.CNC(=O)SSC(=O)NC.Cc1nc(=S)ss1.Cc1nc(=S)ss1.O=C1SS(=O)(=O)c2ccccc21.O=c1[nH]c(=O)ss1. The Hall–Kier alpha value is -1.61. The zero-order valence-corrected chi connectivity index (χ0v) is 39.8. The zero-order chi connectivity index (χ0) is 40.8. The van der Waals surface area contributed by atoms with Crippen LogP contribution in [0, 0.1) is 21.8 Å². The number of fused-ring (bicyclic) bond motifs is 1. The summed E-state index contributed by atoms with van der Waals surface area (Å²) in [5.74, 6) is 0.801. The number of aromatic amines is 1. The third kappa shape index (κ3) is 24.0. The summed E-state index contributed by atoms with van der Waals surface area (Å²) in [6.45, 7) is 3.91. The predicted octanol–water partition coefficient (Wildman–Crippen LogP) is 8.29. The van der Waals surface area contributed by atoms with Crippen molar-refractivity contribution in [3.05, 3.63) is 67.1 Å². The van der Waals surface area contributed by atoms with Gasteiger partial charge in [-0.05, 0) is 91.8 Å². The number of H-pyrrole nitrogens is 1. The van der Waals surface area contributed by atoms with Crippen LogP contribution in [0.1, 0.15) is 27.8 Å². The van der Waals surface area contributed by atoms with Gasteiger partial charge in [0.05, 0.1) is 27.8 Å². The van der Waals surface area contributed by atoms with Crippen molar-refractivity contribution in [1.29, 1.82) is 0 Å². The minimum Gasteiger partial charge on any atom is -0.369 e. The standard InChI is InChI=1S/C7H4O3S2.C6H9N3S2.C4H8N2O2S2.2C3H3NS3.C2HNO2S2.CH4/c8-7-5-3-1-2-4-6(5)12(9,10)11-7;1-9(2)4-7-6-8-5(10)3-11-6;1-5-3(7)9-10-4(8)6-2;2*1-2-4-3(5)7-6-2;4-1-3-2(5)7-6-1;/h1-4H;4H,3H2,1-2H3;1-2H3,(H,5,7)(H,6,8);2*1H3;(H,3,4,5);1H4. The number of carbonyl (C=O) groups excluding carboxylic acids is 3. The number of aromatic nitrogens is 3. The molecule has 0 unspecified atom stereocenters. The maximum absolute atomic E-state index is 11.2. The first-order valence-corrected chi connectivity index (χ1v) is 27.4. The molecule has 0 fully saturated rings. The molecule has 0 atom stereocenters. The number of aryl methyl sites for hydroxylation is 2. The number of thioether (sulfide) groups is 1. The van der Waals surface area contributed by atoms with E-state index in [0.717, 1.165) is 76.1 Å². The zero-order valence-electron chi connectivity index (χ0n) is 28.4. The van der Waals surface area contributed by atoms with Crippen molar-refractivity contribution in [2.24, 2.45) is 9.98 Å². The molecule has 15 nitrogen and oxygen atoms in total. The van der Waals surface area contributed by atoms with E-state index in [4.69, 9.17) is 36.7 Å². The molecule has 55 heavy (non-hydrogen) atoms. The number of nitrogens with zero attached hydrogens (tertiary/aromatic N) is 5. The van der Waals surface area contributed by atoms with Gasteiger partial charge in [-0.2, -0.15) is 0 Å². The van der Waals surface area contributed by atoms with Crippen molar-refractivity contribution in [2.45, 2.75) is 26.2 Å². The van der Waals surface area contributed by atoms with Crippen LogP contribution >= 0.6 is 143 Å². The third-order valence-electron chi connectivity index (χ3n) is 4.47. The van der Waals surface area contributed by atoms with E-state index in [9.17, 15) is 32.4 Å². The Kier molecular flexibility index (Phi) is 27.9. The van der Waals surface area contributed by atoms with Gasteiger partial charge in [0.2, 0.25) is 14.0 Å². The molecule has 0 spiro atoms. The van der Waals surface area contributed by atoms with E-state index in [1.165, 1.54) is 26.2 Å². The highest BCUT2D eigenvalue weighted by Gasteiger charge is 2.33. The van der Waals surface area contributed by atoms with Crippen molar-refractivity contribution in [1.82, 2.24) is 30.5 Å². The van der Waals surface area contributed by atoms with Gasteiger partial charge in [-0.1, -0.05) is 64.2 Å². The monoisotopic (exact) mass is 1020 g/mol. The van der Waals surface area contributed by atoms with E-state index in [2.05, 4.69) is 35.6 Å². The van der Waals surface area contributed by atoms with E-state index >= 15 is 0 Å². The molecule has 0 bridgehead atoms. The van der Waals surface area contributed by atoms with Gasteiger partial charge in [-0.3, -0.25) is 29.0 Å². The lowest BCUT2D eigenvalue weighted by Gasteiger charge is -2.00. The first-order chi connectivity index (χ1) is 25.4. The summed E-state index contributed by atoms with van der Waals surface area (Å²) in [7, 11) is 13.8. The molecule has 3 aromatic heterocycles. The molecule has 302 valence electrons. The fourth-order valence-corrected chi connectivity index (χ4v) is 12.4. The van der Waals surface area contributed by atoms with Crippen molar-refractivity contribution in [3.63, 3.8) is 0 Å². The van der Waals surface area contributed by atoms with Crippen molar-refractivity contribution >= 4 is 184 Å². The smallest absolute Gasteiger partial charge is 0.318 e. The molecular formula is C26H32N8O7S14. The van der Waals surface area contributed by atoms with Gasteiger partial charge in [0.1, 0.15) is 15.0 Å². The Morgan fingerprint density at radius 3 is 1.67 bits per heavy atom. The van der Waals surface area contributed by atoms with Gasteiger partial charge in [0.15, 0.2) is 13.1 Å². The summed E-state index contributed by atoms with van der Waals surface area (Å²) >= 11 is 16.0. The Balaban J connectivity index is 0.000000643. The summed E-state index contributed by atoms with van der Waals surface area (Å²) in [6.07, 6.45) is 1.72. The third-order valence-corrected chi connectivity index (χ3v) is 18.1. The average Bonchev–Trinajstić information content (AvgIpc) is 3.95. The molecule has 2 amide bonds. The number of amidine groups is 1. The van der Waals surface area contributed by atoms with Crippen molar-refractivity contribution in [2.75, 3.05) is 33.9 Å². The van der Waals surface area contributed by atoms with E-state index < -0.39 is 8.87 Å². The highest BCUT2D eigenvalue weighted by atomic mass is 33.1. The summed E-state index contributed by atoms with van der Waals surface area (Å²) in [6, 6.07) is 6.23. The number of amides is 2. The first-order valence-electron chi connectivity index (χ1n) is 13.7. The van der Waals surface area contributed by atoms with Crippen LogP contribution in [0.25, 0.3) is 0 Å². The topological polar surface area (TPSA) is 213 Å². The molecule has 6 rings (SSSR count). The highest BCUT2D eigenvalue weighted by molar-refractivity contribution is 8.87. The minimum absolute atomic E-state index is 0. The molecule has 0 radical (unpaired) electrons. The quantitative estimate of drug-likeness (QED) is 0.0708. The molecule has 5 heterocycles. The van der Waals surface area contributed by atoms with Gasteiger partial charge in [0.25, 0.3) is 10.5 Å². The number of hydrogen-bond acceptors (Lipinski definition) is 23. The lowest BCUT2D eigenvalue weighted by atomic mass is 10.2. The lowest BCUT2D eigenvalue weighted by Crippen LogP contribution is -2.13. The molecular weight excluding hydrogens is 985 g/mol. The van der Waals surface area contributed by atoms with Crippen LogP contribution in [-0.2, 0) is 8.87 Å². The fourth-order valence-electron chi connectivity index (χ4n) is 2.45. The second kappa shape index (κ2) is 28.7. The molecule has 0 aliphatic carbocycles. The van der Waals surface area contributed by atoms with Gasteiger partial charge < -0.3 is 15.5 Å². The molecule has 29 heteroatoms. The largest absolute Gasteiger partial charge is 0.369 e. The van der Waals surface area contributed by atoms with Gasteiger partial charge >= 0.3 is 9.75 Å². The highest BCUT2D eigenvalue weighted by Crippen LogP contribution is 2.37. The molecule has 4 aromatic rings. The van der Waals surface area contributed by atoms with Crippen LogP contribution in [0.5, 0.6) is 0 Å². The van der Waals surface area contributed by atoms with Gasteiger partial charge in [-0.25, -0.2) is 28.4 Å². The van der Waals surface area contributed by atoms with Gasteiger partial charge in [-0.15, -0.1) is 0 Å². The molecule has 1 aromatic carbocycles. The van der Waals surface area contributed by atoms with Crippen molar-refractivity contribution < 1.29 is 22.8 Å². The van der Waals surface area contributed by atoms with Crippen LogP contribution in [0.2, 0.25) is 0 Å². The second-order valence-electron chi connectivity index (χ2n) is 8.84. The number of hydrogen-bond donors (Lipinski definition) is 3. The predicted molar refractivity (Wildman–Crippen MR) is 251 cm³/mol. The molecule has 0 saturated heterocycles. The van der Waals surface area contributed by atoms with E-state index in [1.54, 1.807) is 71.6 Å². The van der Waals surface area contributed by atoms with E-state index in [-0.39, 0.29) is 37.7 Å². The number of rotatable bonds is 1. The maximum Gasteiger partial charge on any atom is 0.318 e. The number of carbonyl (C=O) groups is 3. The summed E-state index contributed by atoms with van der Waals surface area (Å²) < 4.78 is 23.9. The van der Waals surface area contributed by atoms with Crippen molar-refractivity contribution in [3.8, 4) is 0 Å². The number of nitrogens with one attached hydrogen (secondary N) is 3. The van der Waals surface area contributed by atoms with E-state index in [0.29, 0.717) is 16.4 Å². The molecule has 2 aliphatic rings. The fraction of sp³-hybridized carbons (Fsp3) is 0.308. The normalized spacial score (nSPS) is 12.8. The Labute approximate surface area is 370 Å². The summed E-state index contributed by atoms with van der Waals surface area (Å²) in [5.41, 5.74) is 0.294. The summed E-state index contributed by atoms with van der Waals surface area (Å²) in [4.78, 5) is 72.5. The minimum atomic E-state index is -3.39. The number of thiocarbonyl (C=S) groups is 1. The Bertz CT molecular complexity index is 2160.